The summed E-state index contributed by atoms with van der Waals surface area (Å²) in [5.74, 6) is 0.520. The molecule has 4 nitrogen and oxygen atoms in total. The number of amides is 1. The predicted octanol–water partition coefficient (Wildman–Crippen LogP) is 4.62. The fourth-order valence-electron chi connectivity index (χ4n) is 3.87. The lowest BCUT2D eigenvalue weighted by Gasteiger charge is -2.44. The van der Waals surface area contributed by atoms with Crippen molar-refractivity contribution in [2.24, 2.45) is 0 Å². The number of carbonyl (C=O) groups excluding carboxylic acids is 1. The number of hydrogen-bond acceptors (Lipinski definition) is 3. The van der Waals surface area contributed by atoms with Crippen molar-refractivity contribution in [1.29, 1.82) is 0 Å². The molecule has 1 aliphatic rings. The molecule has 1 aliphatic heterocycles. The Morgan fingerprint density at radius 3 is 2.43 bits per heavy atom. The molecule has 0 saturated carbocycles. The van der Waals surface area contributed by atoms with Crippen molar-refractivity contribution in [2.75, 3.05) is 19.7 Å². The smallest absolute Gasteiger partial charge is 0.260 e. The molecule has 2 atom stereocenters. The first-order chi connectivity index (χ1) is 14.1. The first kappa shape index (κ1) is 22.3. The Labute approximate surface area is 179 Å². The molecule has 0 spiro atoms. The van der Waals surface area contributed by atoms with Crippen molar-refractivity contribution in [3.8, 4) is 5.75 Å². The van der Waals surface area contributed by atoms with Crippen LogP contribution in [0.25, 0.3) is 0 Å². The van der Waals surface area contributed by atoms with Gasteiger partial charge >= 0.3 is 0 Å². The number of hydrogen-bond donors (Lipinski definition) is 0. The molecular formula is C25H33FN2O2. The maximum Gasteiger partial charge on any atom is 0.260 e. The normalized spacial score (nSPS) is 20.3. The van der Waals surface area contributed by atoms with Crippen molar-refractivity contribution in [1.82, 2.24) is 9.80 Å². The maximum atomic E-state index is 13.1. The van der Waals surface area contributed by atoms with Gasteiger partial charge in [0.2, 0.25) is 0 Å². The molecule has 5 heteroatoms. The van der Waals surface area contributed by atoms with Crippen molar-refractivity contribution in [2.45, 2.75) is 58.7 Å². The van der Waals surface area contributed by atoms with Crippen LogP contribution in [-0.4, -0.2) is 47.5 Å². The highest BCUT2D eigenvalue weighted by Crippen LogP contribution is 2.26. The summed E-state index contributed by atoms with van der Waals surface area (Å²) in [7, 11) is 0. The van der Waals surface area contributed by atoms with Crippen LogP contribution in [-0.2, 0) is 16.8 Å². The van der Waals surface area contributed by atoms with Crippen molar-refractivity contribution in [3.05, 3.63) is 65.5 Å². The van der Waals surface area contributed by atoms with E-state index < -0.39 is 0 Å². The Morgan fingerprint density at radius 1 is 1.07 bits per heavy atom. The third-order valence-corrected chi connectivity index (χ3v) is 5.80. The Bertz CT molecular complexity index is 860. The van der Waals surface area contributed by atoms with Crippen LogP contribution in [0, 0.1) is 5.82 Å². The molecule has 0 unspecified atom stereocenters. The monoisotopic (exact) mass is 412 g/mol. The summed E-state index contributed by atoms with van der Waals surface area (Å²) in [6, 6.07) is 14.9. The second-order valence-corrected chi connectivity index (χ2v) is 9.37. The largest absolute Gasteiger partial charge is 0.484 e. The maximum absolute atomic E-state index is 13.1. The molecule has 162 valence electrons. The molecular weight excluding hydrogens is 379 g/mol. The molecule has 30 heavy (non-hydrogen) atoms. The number of halogens is 1. The van der Waals surface area contributed by atoms with Crippen LogP contribution >= 0.6 is 0 Å². The highest BCUT2D eigenvalue weighted by atomic mass is 19.1. The van der Waals surface area contributed by atoms with E-state index in [0.29, 0.717) is 6.54 Å². The van der Waals surface area contributed by atoms with Gasteiger partial charge in [0.25, 0.3) is 5.91 Å². The second kappa shape index (κ2) is 9.17. The van der Waals surface area contributed by atoms with Gasteiger partial charge in [0.05, 0.1) is 0 Å². The summed E-state index contributed by atoms with van der Waals surface area (Å²) in [5.41, 5.74) is 2.30. The molecule has 3 rings (SSSR count). The van der Waals surface area contributed by atoms with E-state index in [-0.39, 0.29) is 35.8 Å². The quantitative estimate of drug-likeness (QED) is 0.718. The number of carbonyl (C=O) groups is 1. The molecule has 0 aliphatic carbocycles. The summed E-state index contributed by atoms with van der Waals surface area (Å²) < 4.78 is 19.0. The predicted molar refractivity (Wildman–Crippen MR) is 118 cm³/mol. The van der Waals surface area contributed by atoms with Gasteiger partial charge in [-0.3, -0.25) is 9.69 Å². The third kappa shape index (κ3) is 5.60. The van der Waals surface area contributed by atoms with E-state index in [0.717, 1.165) is 24.4 Å². The van der Waals surface area contributed by atoms with Gasteiger partial charge in [-0.15, -0.1) is 0 Å². The Morgan fingerprint density at radius 2 is 1.77 bits per heavy atom. The zero-order chi connectivity index (χ0) is 21.9. The van der Waals surface area contributed by atoms with Crippen LogP contribution in [0.3, 0.4) is 0 Å². The summed E-state index contributed by atoms with van der Waals surface area (Å²) in [6.45, 7) is 12.9. The molecule has 1 saturated heterocycles. The average molecular weight is 413 g/mol. The van der Waals surface area contributed by atoms with E-state index >= 15 is 0 Å². The summed E-state index contributed by atoms with van der Waals surface area (Å²) in [6.07, 6.45) is 0. The lowest BCUT2D eigenvalue weighted by molar-refractivity contribution is -0.139. The van der Waals surface area contributed by atoms with E-state index in [9.17, 15) is 9.18 Å². The zero-order valence-corrected chi connectivity index (χ0v) is 18.7. The first-order valence-corrected chi connectivity index (χ1v) is 10.6. The molecule has 1 heterocycles. The lowest BCUT2D eigenvalue weighted by atomic mass is 9.87. The Hall–Kier alpha value is -2.40. The van der Waals surface area contributed by atoms with E-state index in [1.165, 1.54) is 17.7 Å². The molecule has 1 amide bonds. The fourth-order valence-corrected chi connectivity index (χ4v) is 3.87. The van der Waals surface area contributed by atoms with Gasteiger partial charge in [0.15, 0.2) is 6.61 Å². The first-order valence-electron chi connectivity index (χ1n) is 10.6. The molecule has 0 radical (unpaired) electrons. The van der Waals surface area contributed by atoms with Crippen LogP contribution in [0.15, 0.2) is 48.5 Å². The van der Waals surface area contributed by atoms with Gasteiger partial charge in [0, 0.05) is 31.7 Å². The molecule has 2 aromatic rings. The minimum absolute atomic E-state index is 0.0111. The van der Waals surface area contributed by atoms with Crippen molar-refractivity contribution < 1.29 is 13.9 Å². The van der Waals surface area contributed by atoms with Gasteiger partial charge in [0.1, 0.15) is 11.6 Å². The SMILES string of the molecule is C[C@@H]1CN(C(=O)COc2cccc(C(C)(C)C)c2)[C@@H](C)CN1Cc1ccc(F)cc1. The van der Waals surface area contributed by atoms with Gasteiger partial charge in [-0.25, -0.2) is 4.39 Å². The average Bonchev–Trinajstić information content (AvgIpc) is 2.70. The minimum Gasteiger partial charge on any atom is -0.484 e. The molecule has 0 bridgehead atoms. The summed E-state index contributed by atoms with van der Waals surface area (Å²) in [5, 5.41) is 0. The van der Waals surface area contributed by atoms with Gasteiger partial charge in [-0.2, -0.15) is 0 Å². The molecule has 0 N–H and O–H groups in total. The van der Waals surface area contributed by atoms with Gasteiger partial charge in [-0.1, -0.05) is 45.0 Å². The van der Waals surface area contributed by atoms with E-state index in [4.69, 9.17) is 4.74 Å². The minimum atomic E-state index is -0.219. The number of rotatable bonds is 5. The van der Waals surface area contributed by atoms with Crippen molar-refractivity contribution >= 4 is 5.91 Å². The topological polar surface area (TPSA) is 32.8 Å². The molecule has 1 fully saturated rings. The van der Waals surface area contributed by atoms with Gasteiger partial charge in [-0.05, 0) is 54.7 Å². The van der Waals surface area contributed by atoms with Crippen LogP contribution in [0.1, 0.15) is 45.7 Å². The lowest BCUT2D eigenvalue weighted by Crippen LogP contribution is -2.58. The number of ether oxygens (including phenoxy) is 1. The van der Waals surface area contributed by atoms with Crippen LogP contribution < -0.4 is 4.74 Å². The van der Waals surface area contributed by atoms with Crippen molar-refractivity contribution in [3.63, 3.8) is 0 Å². The highest BCUT2D eigenvalue weighted by Gasteiger charge is 2.32. The number of nitrogens with zero attached hydrogens (tertiary/aromatic N) is 2. The van der Waals surface area contributed by atoms with Crippen LogP contribution in [0.5, 0.6) is 5.75 Å². The fraction of sp³-hybridized carbons (Fsp3) is 0.480. The number of piperazine rings is 1. The highest BCUT2D eigenvalue weighted by molar-refractivity contribution is 5.78. The van der Waals surface area contributed by atoms with Gasteiger partial charge < -0.3 is 9.64 Å². The van der Waals surface area contributed by atoms with E-state index in [2.05, 4.69) is 45.6 Å². The number of benzene rings is 2. The third-order valence-electron chi connectivity index (χ3n) is 5.80. The van der Waals surface area contributed by atoms with Crippen LogP contribution in [0.4, 0.5) is 4.39 Å². The standard InChI is InChI=1S/C25H33FN2O2/c1-18-15-28(19(2)14-27(18)16-20-9-11-22(26)12-10-20)24(29)17-30-23-8-6-7-21(13-23)25(3,4)5/h6-13,18-19H,14-17H2,1-5H3/t18-,19+/m1/s1. The second-order valence-electron chi connectivity index (χ2n) is 9.37. The van der Waals surface area contributed by atoms with E-state index in [1.807, 2.05) is 35.2 Å². The van der Waals surface area contributed by atoms with E-state index in [1.54, 1.807) is 0 Å². The molecule has 0 aromatic heterocycles. The Kier molecular flexibility index (Phi) is 6.81. The summed E-state index contributed by atoms with van der Waals surface area (Å²) >= 11 is 0. The Balaban J connectivity index is 1.56. The molecule has 2 aromatic carbocycles. The van der Waals surface area contributed by atoms with Crippen LogP contribution in [0.2, 0.25) is 0 Å². The summed E-state index contributed by atoms with van der Waals surface area (Å²) in [4.78, 5) is 17.1. The zero-order valence-electron chi connectivity index (χ0n) is 18.7.